The Hall–Kier alpha value is -1.29. The molecule has 0 bridgehead atoms. The number of hydrogen-bond acceptors (Lipinski definition) is 3. The summed E-state index contributed by atoms with van der Waals surface area (Å²) in [5.74, 6) is 1.41. The predicted octanol–water partition coefficient (Wildman–Crippen LogP) is 4.24. The number of anilines is 1. The Morgan fingerprint density at radius 2 is 1.90 bits per heavy atom. The summed E-state index contributed by atoms with van der Waals surface area (Å²) in [6, 6.07) is 2.11. The van der Waals surface area contributed by atoms with Gasteiger partial charge in [-0.1, -0.05) is 34.6 Å². The van der Waals surface area contributed by atoms with Gasteiger partial charge >= 0.3 is 0 Å². The molecule has 0 aromatic carbocycles. The van der Waals surface area contributed by atoms with Crippen LogP contribution in [-0.4, -0.2) is 26.0 Å². The number of aromatic nitrogens is 3. The standard InChI is InChI=1S/C16H25ClN4/c1-6-16(7-2,11-17)19-14-12-10-13(15(3,4)5)20-21(12)9-8-18-14/h8-10H,6-7,11H2,1-5H3,(H,18,19). The quantitative estimate of drug-likeness (QED) is 0.840. The highest BCUT2D eigenvalue weighted by atomic mass is 35.5. The summed E-state index contributed by atoms with van der Waals surface area (Å²) < 4.78 is 1.89. The fraction of sp³-hybridized carbons (Fsp3) is 0.625. The van der Waals surface area contributed by atoms with Gasteiger partial charge in [0.15, 0.2) is 5.82 Å². The second-order valence-electron chi connectivity index (χ2n) is 6.63. The van der Waals surface area contributed by atoms with Crippen molar-refractivity contribution >= 4 is 22.9 Å². The summed E-state index contributed by atoms with van der Waals surface area (Å²) in [5.41, 5.74) is 1.95. The smallest absolute Gasteiger partial charge is 0.152 e. The average molecular weight is 309 g/mol. The summed E-state index contributed by atoms with van der Waals surface area (Å²) in [6.45, 7) is 10.8. The zero-order chi connectivity index (χ0) is 15.7. The lowest BCUT2D eigenvalue weighted by molar-refractivity contribution is 0.483. The van der Waals surface area contributed by atoms with E-state index >= 15 is 0 Å². The van der Waals surface area contributed by atoms with Gasteiger partial charge < -0.3 is 5.32 Å². The van der Waals surface area contributed by atoms with Crippen molar-refractivity contribution < 1.29 is 0 Å². The second-order valence-corrected chi connectivity index (χ2v) is 6.90. The molecule has 0 fully saturated rings. The molecule has 2 rings (SSSR count). The number of nitrogens with zero attached hydrogens (tertiary/aromatic N) is 3. The Morgan fingerprint density at radius 1 is 1.24 bits per heavy atom. The summed E-state index contributed by atoms with van der Waals surface area (Å²) in [4.78, 5) is 4.50. The van der Waals surface area contributed by atoms with Crippen LogP contribution < -0.4 is 5.32 Å². The zero-order valence-electron chi connectivity index (χ0n) is 13.6. The first kappa shape index (κ1) is 16.1. The number of alkyl halides is 1. The van der Waals surface area contributed by atoms with E-state index in [-0.39, 0.29) is 11.0 Å². The molecule has 0 aliphatic carbocycles. The molecule has 0 unspecified atom stereocenters. The van der Waals surface area contributed by atoms with Crippen LogP contribution in [0.1, 0.15) is 53.2 Å². The van der Waals surface area contributed by atoms with Crippen molar-refractivity contribution in [1.29, 1.82) is 0 Å². The van der Waals surface area contributed by atoms with E-state index in [9.17, 15) is 0 Å². The van der Waals surface area contributed by atoms with E-state index < -0.39 is 0 Å². The lowest BCUT2D eigenvalue weighted by Gasteiger charge is -2.31. The predicted molar refractivity (Wildman–Crippen MR) is 89.3 cm³/mol. The summed E-state index contributed by atoms with van der Waals surface area (Å²) in [6.07, 6.45) is 5.57. The molecule has 0 spiro atoms. The van der Waals surface area contributed by atoms with Gasteiger partial charge in [-0.15, -0.1) is 11.6 Å². The molecule has 21 heavy (non-hydrogen) atoms. The van der Waals surface area contributed by atoms with Crippen LogP contribution in [0.5, 0.6) is 0 Å². The van der Waals surface area contributed by atoms with Gasteiger partial charge in [0.2, 0.25) is 0 Å². The molecule has 0 saturated carbocycles. The Labute approximate surface area is 131 Å². The van der Waals surface area contributed by atoms with E-state index in [0.717, 1.165) is 29.9 Å². The van der Waals surface area contributed by atoms with Crippen LogP contribution in [0, 0.1) is 0 Å². The van der Waals surface area contributed by atoms with Crippen molar-refractivity contribution in [2.24, 2.45) is 0 Å². The van der Waals surface area contributed by atoms with Crippen LogP contribution in [0.4, 0.5) is 5.82 Å². The van der Waals surface area contributed by atoms with Gasteiger partial charge in [0.25, 0.3) is 0 Å². The van der Waals surface area contributed by atoms with Crippen LogP contribution in [0.25, 0.3) is 5.52 Å². The van der Waals surface area contributed by atoms with E-state index in [1.807, 2.05) is 10.7 Å². The van der Waals surface area contributed by atoms with Crippen LogP contribution in [0.2, 0.25) is 0 Å². The Kier molecular flexibility index (Phi) is 4.47. The van der Waals surface area contributed by atoms with Crippen molar-refractivity contribution in [1.82, 2.24) is 14.6 Å². The lowest BCUT2D eigenvalue weighted by atomic mass is 9.92. The third-order valence-electron chi connectivity index (χ3n) is 4.15. The minimum atomic E-state index is -0.122. The maximum Gasteiger partial charge on any atom is 0.152 e. The molecule has 4 nitrogen and oxygen atoms in total. The van der Waals surface area contributed by atoms with Crippen molar-refractivity contribution in [2.75, 3.05) is 11.2 Å². The Morgan fingerprint density at radius 3 is 2.43 bits per heavy atom. The SMILES string of the molecule is CCC(CC)(CCl)Nc1nccn2nc(C(C)(C)C)cc12. The van der Waals surface area contributed by atoms with E-state index in [1.165, 1.54) is 0 Å². The van der Waals surface area contributed by atoms with Crippen molar-refractivity contribution in [3.8, 4) is 0 Å². The summed E-state index contributed by atoms with van der Waals surface area (Å²) in [5, 5.41) is 8.20. The molecule has 0 amide bonds. The van der Waals surface area contributed by atoms with Gasteiger partial charge in [-0.25, -0.2) is 9.50 Å². The van der Waals surface area contributed by atoms with E-state index in [1.54, 1.807) is 6.20 Å². The molecule has 2 aromatic heterocycles. The molecule has 116 valence electrons. The number of fused-ring (bicyclic) bond motifs is 1. The highest BCUT2D eigenvalue weighted by molar-refractivity contribution is 6.18. The molecule has 0 aliphatic heterocycles. The maximum atomic E-state index is 6.19. The molecular formula is C16H25ClN4. The third-order valence-corrected chi connectivity index (χ3v) is 4.66. The molecule has 0 radical (unpaired) electrons. The third kappa shape index (κ3) is 3.15. The highest BCUT2D eigenvalue weighted by Crippen LogP contribution is 2.28. The van der Waals surface area contributed by atoms with E-state index in [0.29, 0.717) is 5.88 Å². The van der Waals surface area contributed by atoms with E-state index in [2.05, 4.69) is 56.1 Å². The first-order chi connectivity index (χ1) is 9.85. The maximum absolute atomic E-state index is 6.19. The monoisotopic (exact) mass is 308 g/mol. The van der Waals surface area contributed by atoms with Crippen LogP contribution in [-0.2, 0) is 5.41 Å². The topological polar surface area (TPSA) is 42.2 Å². The molecule has 0 aliphatic rings. The molecule has 2 aromatic rings. The summed E-state index contributed by atoms with van der Waals surface area (Å²) in [7, 11) is 0. The minimum Gasteiger partial charge on any atom is -0.362 e. The first-order valence-corrected chi connectivity index (χ1v) is 8.07. The van der Waals surface area contributed by atoms with Gasteiger partial charge in [-0.3, -0.25) is 0 Å². The number of rotatable bonds is 5. The van der Waals surface area contributed by atoms with Crippen LogP contribution >= 0.6 is 11.6 Å². The number of halogens is 1. The van der Waals surface area contributed by atoms with Crippen molar-refractivity contribution in [3.63, 3.8) is 0 Å². The normalized spacial score (nSPS) is 12.9. The number of hydrogen-bond donors (Lipinski definition) is 1. The van der Waals surface area contributed by atoms with Crippen LogP contribution in [0.3, 0.4) is 0 Å². The molecule has 0 atom stereocenters. The fourth-order valence-electron chi connectivity index (χ4n) is 2.29. The van der Waals surface area contributed by atoms with Gasteiger partial charge in [-0.05, 0) is 18.9 Å². The minimum absolute atomic E-state index is 0.0162. The zero-order valence-corrected chi connectivity index (χ0v) is 14.3. The Balaban J connectivity index is 2.47. The van der Waals surface area contributed by atoms with Gasteiger partial charge in [0, 0.05) is 23.7 Å². The molecule has 1 N–H and O–H groups in total. The van der Waals surface area contributed by atoms with Crippen molar-refractivity contribution in [2.45, 2.75) is 58.4 Å². The van der Waals surface area contributed by atoms with Crippen LogP contribution in [0.15, 0.2) is 18.5 Å². The molecular weight excluding hydrogens is 284 g/mol. The molecule has 0 saturated heterocycles. The van der Waals surface area contributed by atoms with Crippen molar-refractivity contribution in [3.05, 3.63) is 24.2 Å². The molecule has 2 heterocycles. The lowest BCUT2D eigenvalue weighted by Crippen LogP contribution is -2.39. The first-order valence-electron chi connectivity index (χ1n) is 7.54. The van der Waals surface area contributed by atoms with Gasteiger partial charge in [-0.2, -0.15) is 5.10 Å². The second kappa shape index (κ2) is 5.84. The average Bonchev–Trinajstić information content (AvgIpc) is 2.90. The molecule has 5 heteroatoms. The largest absolute Gasteiger partial charge is 0.362 e. The highest BCUT2D eigenvalue weighted by Gasteiger charge is 2.27. The number of nitrogens with one attached hydrogen (secondary N) is 1. The Bertz CT molecular complexity index is 600. The van der Waals surface area contributed by atoms with Gasteiger partial charge in [0.05, 0.1) is 11.2 Å². The fourth-order valence-corrected chi connectivity index (χ4v) is 2.73. The van der Waals surface area contributed by atoms with Gasteiger partial charge in [0.1, 0.15) is 5.52 Å². The summed E-state index contributed by atoms with van der Waals surface area (Å²) >= 11 is 6.19. The van der Waals surface area contributed by atoms with E-state index in [4.69, 9.17) is 11.6 Å².